The third-order valence-corrected chi connectivity index (χ3v) is 5.26. The lowest BCUT2D eigenvalue weighted by Crippen LogP contribution is -2.49. The molecule has 0 saturated carbocycles. The molecule has 0 radical (unpaired) electrons. The standard InChI is InChI=1S/C17H20N2O2/c1-19-9-11(17(20)21-2)6-13-12-4-3-5-14-16(12)10(8-18-14)7-15(13)19/h3-5,8,11,13,15,18H,6-7,9H2,1-2H3/t11?,13-,15-/m1/s1. The predicted octanol–water partition coefficient (Wildman–Crippen LogP) is 2.30. The molecule has 1 aromatic heterocycles. The number of methoxy groups -OCH3 is 1. The van der Waals surface area contributed by atoms with E-state index in [1.165, 1.54) is 29.1 Å². The van der Waals surface area contributed by atoms with Crippen molar-refractivity contribution in [3.8, 4) is 0 Å². The normalized spacial score (nSPS) is 28.4. The maximum absolute atomic E-state index is 12.0. The topological polar surface area (TPSA) is 45.3 Å². The van der Waals surface area contributed by atoms with Crippen molar-refractivity contribution >= 4 is 16.9 Å². The van der Waals surface area contributed by atoms with Crippen LogP contribution in [0.25, 0.3) is 10.9 Å². The molecule has 1 aromatic carbocycles. The number of hydrogen-bond donors (Lipinski definition) is 1. The Hall–Kier alpha value is -1.81. The molecule has 2 heterocycles. The van der Waals surface area contributed by atoms with Crippen LogP contribution in [0.15, 0.2) is 24.4 Å². The van der Waals surface area contributed by atoms with Crippen LogP contribution in [0.2, 0.25) is 0 Å². The number of ether oxygens (including phenoxy) is 1. The number of H-pyrrole nitrogens is 1. The molecule has 110 valence electrons. The average molecular weight is 284 g/mol. The largest absolute Gasteiger partial charge is 0.469 e. The first kappa shape index (κ1) is 12.9. The highest BCUT2D eigenvalue weighted by Crippen LogP contribution is 2.44. The van der Waals surface area contributed by atoms with Crippen molar-refractivity contribution < 1.29 is 9.53 Å². The summed E-state index contributed by atoms with van der Waals surface area (Å²) >= 11 is 0. The fraction of sp³-hybridized carbons (Fsp3) is 0.471. The molecule has 1 saturated heterocycles. The van der Waals surface area contributed by atoms with Crippen LogP contribution in [-0.2, 0) is 16.0 Å². The van der Waals surface area contributed by atoms with Gasteiger partial charge < -0.3 is 14.6 Å². The molecular weight excluding hydrogens is 264 g/mol. The smallest absolute Gasteiger partial charge is 0.309 e. The van der Waals surface area contributed by atoms with Gasteiger partial charge in [0.1, 0.15) is 0 Å². The first-order valence-electron chi connectivity index (χ1n) is 7.56. The van der Waals surface area contributed by atoms with Crippen molar-refractivity contribution in [1.29, 1.82) is 0 Å². The van der Waals surface area contributed by atoms with Gasteiger partial charge >= 0.3 is 5.97 Å². The van der Waals surface area contributed by atoms with Gasteiger partial charge in [-0.05, 0) is 37.1 Å². The molecule has 0 spiro atoms. The molecule has 1 aliphatic carbocycles. The Balaban J connectivity index is 1.79. The lowest BCUT2D eigenvalue weighted by Gasteiger charge is -2.44. The Morgan fingerprint density at radius 2 is 2.29 bits per heavy atom. The number of rotatable bonds is 1. The highest BCUT2D eigenvalue weighted by molar-refractivity contribution is 5.88. The highest BCUT2D eigenvalue weighted by Gasteiger charge is 2.41. The number of fused-ring (bicyclic) bond motifs is 2. The van der Waals surface area contributed by atoms with Gasteiger partial charge in [0.15, 0.2) is 0 Å². The first-order valence-corrected chi connectivity index (χ1v) is 7.56. The second-order valence-electron chi connectivity index (χ2n) is 6.36. The summed E-state index contributed by atoms with van der Waals surface area (Å²) in [6.45, 7) is 0.795. The summed E-state index contributed by atoms with van der Waals surface area (Å²) in [7, 11) is 3.62. The fourth-order valence-corrected chi connectivity index (χ4v) is 4.28. The molecule has 4 rings (SSSR count). The molecule has 0 amide bonds. The number of likely N-dealkylation sites (N-methyl/N-ethyl adjacent to an activating group) is 1. The third-order valence-electron chi connectivity index (χ3n) is 5.26. The highest BCUT2D eigenvalue weighted by atomic mass is 16.5. The van der Waals surface area contributed by atoms with Crippen molar-refractivity contribution in [2.24, 2.45) is 5.92 Å². The Morgan fingerprint density at radius 1 is 1.43 bits per heavy atom. The molecule has 1 aliphatic heterocycles. The van der Waals surface area contributed by atoms with Crippen LogP contribution in [0.1, 0.15) is 23.5 Å². The summed E-state index contributed by atoms with van der Waals surface area (Å²) in [6, 6.07) is 6.96. The molecule has 2 aromatic rings. The molecule has 4 heteroatoms. The van der Waals surface area contributed by atoms with E-state index in [0.29, 0.717) is 12.0 Å². The monoisotopic (exact) mass is 284 g/mol. The minimum absolute atomic E-state index is 0.0167. The van der Waals surface area contributed by atoms with E-state index in [1.807, 2.05) is 0 Å². The molecule has 3 atom stereocenters. The Morgan fingerprint density at radius 3 is 3.10 bits per heavy atom. The van der Waals surface area contributed by atoms with Crippen LogP contribution in [0.5, 0.6) is 0 Å². The van der Waals surface area contributed by atoms with Crippen molar-refractivity contribution in [2.45, 2.75) is 24.8 Å². The number of aromatic nitrogens is 1. The van der Waals surface area contributed by atoms with Crippen molar-refractivity contribution in [1.82, 2.24) is 9.88 Å². The van der Waals surface area contributed by atoms with Gasteiger partial charge in [-0.25, -0.2) is 0 Å². The summed E-state index contributed by atoms with van der Waals surface area (Å²) in [5.41, 5.74) is 4.01. The molecule has 4 nitrogen and oxygen atoms in total. The Kier molecular flexibility index (Phi) is 2.82. The van der Waals surface area contributed by atoms with E-state index in [-0.39, 0.29) is 11.9 Å². The number of likely N-dealkylation sites (tertiary alicyclic amines) is 1. The Bertz CT molecular complexity index is 706. The van der Waals surface area contributed by atoms with Crippen LogP contribution in [0, 0.1) is 5.92 Å². The van der Waals surface area contributed by atoms with Crippen LogP contribution in [-0.4, -0.2) is 42.6 Å². The number of esters is 1. The fourth-order valence-electron chi connectivity index (χ4n) is 4.28. The van der Waals surface area contributed by atoms with E-state index in [4.69, 9.17) is 4.74 Å². The third kappa shape index (κ3) is 1.82. The van der Waals surface area contributed by atoms with Crippen LogP contribution in [0.3, 0.4) is 0 Å². The van der Waals surface area contributed by atoms with Gasteiger partial charge in [-0.1, -0.05) is 12.1 Å². The number of nitrogens with one attached hydrogen (secondary N) is 1. The van der Waals surface area contributed by atoms with Crippen molar-refractivity contribution in [3.63, 3.8) is 0 Å². The zero-order chi connectivity index (χ0) is 14.6. The quantitative estimate of drug-likeness (QED) is 0.817. The lowest BCUT2D eigenvalue weighted by atomic mass is 9.72. The van der Waals surface area contributed by atoms with E-state index in [0.717, 1.165) is 19.4 Å². The number of benzene rings is 1. The number of carbonyl (C=O) groups excluding carboxylic acids is 1. The van der Waals surface area contributed by atoms with Crippen LogP contribution >= 0.6 is 0 Å². The number of hydrogen-bond acceptors (Lipinski definition) is 3. The maximum Gasteiger partial charge on any atom is 0.309 e. The second kappa shape index (κ2) is 4.60. The Labute approximate surface area is 124 Å². The maximum atomic E-state index is 12.0. The summed E-state index contributed by atoms with van der Waals surface area (Å²) in [4.78, 5) is 17.7. The zero-order valence-corrected chi connectivity index (χ0v) is 12.4. The van der Waals surface area contributed by atoms with Gasteiger partial charge in [-0.3, -0.25) is 4.79 Å². The number of carbonyl (C=O) groups is 1. The molecule has 1 fully saturated rings. The van der Waals surface area contributed by atoms with E-state index in [2.05, 4.69) is 41.3 Å². The summed E-state index contributed by atoms with van der Waals surface area (Å²) < 4.78 is 4.97. The van der Waals surface area contributed by atoms with Gasteiger partial charge in [0.2, 0.25) is 0 Å². The number of nitrogens with zero attached hydrogens (tertiary/aromatic N) is 1. The lowest BCUT2D eigenvalue weighted by molar-refractivity contribution is -0.148. The van der Waals surface area contributed by atoms with Crippen LogP contribution < -0.4 is 0 Å². The van der Waals surface area contributed by atoms with Gasteiger partial charge in [-0.2, -0.15) is 0 Å². The van der Waals surface area contributed by atoms with Crippen LogP contribution in [0.4, 0.5) is 0 Å². The second-order valence-corrected chi connectivity index (χ2v) is 6.36. The van der Waals surface area contributed by atoms with Gasteiger partial charge in [0.25, 0.3) is 0 Å². The number of aromatic amines is 1. The van der Waals surface area contributed by atoms with Crippen molar-refractivity contribution in [2.75, 3.05) is 20.7 Å². The summed E-state index contributed by atoms with van der Waals surface area (Å²) in [6.07, 6.45) is 4.10. The molecule has 2 aliphatic rings. The predicted molar refractivity (Wildman–Crippen MR) is 81.3 cm³/mol. The number of piperidine rings is 1. The molecule has 1 N–H and O–H groups in total. The summed E-state index contributed by atoms with van der Waals surface area (Å²) in [5.74, 6) is 0.323. The van der Waals surface area contributed by atoms with E-state index in [1.54, 1.807) is 0 Å². The SMILES string of the molecule is COC(=O)C1C[C@@H]2c3cccc4[nH]cc(c34)C[C@H]2N(C)C1. The van der Waals surface area contributed by atoms with E-state index < -0.39 is 0 Å². The zero-order valence-electron chi connectivity index (χ0n) is 12.4. The summed E-state index contributed by atoms with van der Waals surface area (Å²) in [5, 5.41) is 1.37. The molecular formula is C17H20N2O2. The molecule has 0 bridgehead atoms. The molecule has 21 heavy (non-hydrogen) atoms. The first-order chi connectivity index (χ1) is 10.2. The van der Waals surface area contributed by atoms with Crippen molar-refractivity contribution in [3.05, 3.63) is 35.5 Å². The van der Waals surface area contributed by atoms with Gasteiger partial charge in [0, 0.05) is 35.6 Å². The van der Waals surface area contributed by atoms with Gasteiger partial charge in [-0.15, -0.1) is 0 Å². The molecule has 1 unspecified atom stereocenters. The van der Waals surface area contributed by atoms with E-state index in [9.17, 15) is 4.79 Å². The minimum Gasteiger partial charge on any atom is -0.469 e. The average Bonchev–Trinajstić information content (AvgIpc) is 2.92. The minimum atomic E-state index is -0.0765. The van der Waals surface area contributed by atoms with E-state index >= 15 is 0 Å². The van der Waals surface area contributed by atoms with Gasteiger partial charge in [0.05, 0.1) is 13.0 Å².